The molecule has 0 unspecified atom stereocenters. The van der Waals surface area contributed by atoms with E-state index in [1.54, 1.807) is 12.1 Å². The number of H-pyrrole nitrogens is 1. The summed E-state index contributed by atoms with van der Waals surface area (Å²) in [6, 6.07) is 12.6. The van der Waals surface area contributed by atoms with Crippen molar-refractivity contribution >= 4 is 23.1 Å². The average Bonchev–Trinajstić information content (AvgIpc) is 3.15. The van der Waals surface area contributed by atoms with Crippen LogP contribution in [0.2, 0.25) is 0 Å². The number of hydrogen-bond donors (Lipinski definition) is 2. The Morgan fingerprint density at radius 1 is 1.16 bits per heavy atom. The highest BCUT2D eigenvalue weighted by molar-refractivity contribution is 5.83. The molecule has 0 radical (unpaired) electrons. The summed E-state index contributed by atoms with van der Waals surface area (Å²) < 4.78 is 51.1. The van der Waals surface area contributed by atoms with Crippen molar-refractivity contribution in [3.8, 4) is 11.1 Å². The van der Waals surface area contributed by atoms with Crippen molar-refractivity contribution in [2.45, 2.75) is 19.0 Å². The molecule has 2 heterocycles. The molecule has 1 aliphatic heterocycles. The van der Waals surface area contributed by atoms with Crippen LogP contribution >= 0.6 is 0 Å². The van der Waals surface area contributed by atoms with E-state index in [1.165, 1.54) is 6.07 Å². The Bertz CT molecular complexity index is 1070. The lowest BCUT2D eigenvalue weighted by Crippen LogP contribution is -2.21. The predicted octanol–water partition coefficient (Wildman–Crippen LogP) is 5.44. The van der Waals surface area contributed by atoms with Gasteiger partial charge in [-0.25, -0.2) is 14.2 Å². The number of carboxylic acid groups (broad SMARTS) is 1. The van der Waals surface area contributed by atoms with Crippen molar-refractivity contribution in [2.75, 3.05) is 13.2 Å². The molecule has 4 rings (SSSR count). The lowest BCUT2D eigenvalue weighted by Gasteiger charge is -2.18. The lowest BCUT2D eigenvalue weighted by molar-refractivity contribution is -0.192. The highest BCUT2D eigenvalue weighted by atomic mass is 19.4. The van der Waals surface area contributed by atoms with E-state index in [0.717, 1.165) is 48.5 Å². The number of allylic oxidation sites excluding steroid dienone is 1. The number of benzene rings is 2. The van der Waals surface area contributed by atoms with Crippen LogP contribution in [0.5, 0.6) is 0 Å². The molecule has 9 heteroatoms. The zero-order chi connectivity index (χ0) is 22.4. The van der Waals surface area contributed by atoms with Crippen LogP contribution in [0.15, 0.2) is 48.5 Å². The van der Waals surface area contributed by atoms with E-state index in [2.05, 4.69) is 16.0 Å². The maximum absolute atomic E-state index is 14.0. The first kappa shape index (κ1) is 22.5. The molecular weight excluding hydrogens is 416 g/mol. The number of carboxylic acids is 1. The maximum Gasteiger partial charge on any atom is 0.490 e. The number of aromatic amines is 1. The van der Waals surface area contributed by atoms with Crippen LogP contribution in [-0.2, 0) is 9.53 Å². The quantitative estimate of drug-likeness (QED) is 0.536. The van der Waals surface area contributed by atoms with Crippen LogP contribution in [-0.4, -0.2) is 40.4 Å². The monoisotopic (exact) mass is 436 g/mol. The van der Waals surface area contributed by atoms with Crippen molar-refractivity contribution in [3.63, 3.8) is 0 Å². The Balaban J connectivity index is 0.000000339. The van der Waals surface area contributed by atoms with Crippen molar-refractivity contribution in [1.82, 2.24) is 9.97 Å². The van der Waals surface area contributed by atoms with Gasteiger partial charge in [-0.1, -0.05) is 30.3 Å². The summed E-state index contributed by atoms with van der Waals surface area (Å²) in [6.07, 6.45) is 1.29. The fourth-order valence-electron chi connectivity index (χ4n) is 3.11. The van der Waals surface area contributed by atoms with Gasteiger partial charge in [0.05, 0.1) is 11.0 Å². The molecule has 1 fully saturated rings. The van der Waals surface area contributed by atoms with Crippen molar-refractivity contribution in [3.05, 3.63) is 60.2 Å². The SMILES string of the molecule is Fc1ccccc1-c1ccc2nc(C=CC3CCOCC3)[nH]c2c1.O=C(O)C(F)(F)F. The van der Waals surface area contributed by atoms with E-state index in [0.29, 0.717) is 11.5 Å². The minimum absolute atomic E-state index is 0.212. The molecule has 5 nitrogen and oxygen atoms in total. The van der Waals surface area contributed by atoms with E-state index < -0.39 is 12.1 Å². The molecule has 3 aromatic rings. The van der Waals surface area contributed by atoms with E-state index in [1.807, 2.05) is 30.3 Å². The zero-order valence-corrected chi connectivity index (χ0v) is 16.3. The first-order valence-electron chi connectivity index (χ1n) is 9.55. The number of aromatic nitrogens is 2. The Hall–Kier alpha value is -3.20. The molecule has 0 spiro atoms. The number of ether oxygens (including phenoxy) is 1. The third-order valence-corrected chi connectivity index (χ3v) is 4.72. The smallest absolute Gasteiger partial charge is 0.475 e. The van der Waals surface area contributed by atoms with Crippen molar-refractivity contribution in [2.24, 2.45) is 5.92 Å². The number of aliphatic carboxylic acids is 1. The minimum atomic E-state index is -5.08. The molecular formula is C22H20F4N2O3. The van der Waals surface area contributed by atoms with Gasteiger partial charge < -0.3 is 14.8 Å². The number of fused-ring (bicyclic) bond motifs is 1. The van der Waals surface area contributed by atoms with Crippen molar-refractivity contribution < 1.29 is 32.2 Å². The van der Waals surface area contributed by atoms with Crippen LogP contribution in [0.3, 0.4) is 0 Å². The summed E-state index contributed by atoms with van der Waals surface area (Å²) in [5, 5.41) is 7.12. The normalized spacial score (nSPS) is 15.1. The summed E-state index contributed by atoms with van der Waals surface area (Å²) in [4.78, 5) is 16.8. The summed E-state index contributed by atoms with van der Waals surface area (Å²) in [5.41, 5.74) is 3.27. The highest BCUT2D eigenvalue weighted by Crippen LogP contribution is 2.26. The summed E-state index contributed by atoms with van der Waals surface area (Å²) in [5.74, 6) is -1.58. The van der Waals surface area contributed by atoms with Crippen LogP contribution < -0.4 is 0 Å². The summed E-state index contributed by atoms with van der Waals surface area (Å²) in [7, 11) is 0. The average molecular weight is 436 g/mol. The molecule has 0 atom stereocenters. The van der Waals surface area contributed by atoms with Gasteiger partial charge in [-0.3, -0.25) is 0 Å². The largest absolute Gasteiger partial charge is 0.490 e. The van der Waals surface area contributed by atoms with Gasteiger partial charge in [-0.15, -0.1) is 0 Å². The number of rotatable bonds is 3. The molecule has 0 aliphatic carbocycles. The highest BCUT2D eigenvalue weighted by Gasteiger charge is 2.38. The fourth-order valence-corrected chi connectivity index (χ4v) is 3.11. The van der Waals surface area contributed by atoms with Gasteiger partial charge in [0.15, 0.2) is 0 Å². The van der Waals surface area contributed by atoms with E-state index >= 15 is 0 Å². The molecule has 0 amide bonds. The van der Waals surface area contributed by atoms with E-state index in [-0.39, 0.29) is 5.82 Å². The third kappa shape index (κ3) is 6.14. The number of nitrogens with zero attached hydrogens (tertiary/aromatic N) is 1. The van der Waals surface area contributed by atoms with E-state index in [9.17, 15) is 17.6 Å². The zero-order valence-electron chi connectivity index (χ0n) is 16.3. The summed E-state index contributed by atoms with van der Waals surface area (Å²) in [6.45, 7) is 1.67. The van der Waals surface area contributed by atoms with Gasteiger partial charge in [0.1, 0.15) is 11.6 Å². The Kier molecular flexibility index (Phi) is 7.06. The van der Waals surface area contributed by atoms with Crippen molar-refractivity contribution in [1.29, 1.82) is 0 Å². The number of halogens is 4. The van der Waals surface area contributed by atoms with Gasteiger partial charge in [-0.05, 0) is 48.6 Å². The molecule has 2 aromatic carbocycles. The van der Waals surface area contributed by atoms with Crippen LogP contribution in [0.4, 0.5) is 17.6 Å². The van der Waals surface area contributed by atoms with Gasteiger partial charge in [0.2, 0.25) is 0 Å². The first-order chi connectivity index (χ1) is 14.7. The third-order valence-electron chi connectivity index (χ3n) is 4.72. The molecule has 0 bridgehead atoms. The molecule has 164 valence electrons. The molecule has 1 saturated heterocycles. The fraction of sp³-hybridized carbons (Fsp3) is 0.273. The Morgan fingerprint density at radius 3 is 2.48 bits per heavy atom. The number of carbonyl (C=O) groups is 1. The molecule has 31 heavy (non-hydrogen) atoms. The van der Waals surface area contributed by atoms with Crippen LogP contribution in [0.25, 0.3) is 28.2 Å². The van der Waals surface area contributed by atoms with Crippen LogP contribution in [0, 0.1) is 11.7 Å². The summed E-state index contributed by atoms with van der Waals surface area (Å²) >= 11 is 0. The minimum Gasteiger partial charge on any atom is -0.475 e. The van der Waals surface area contributed by atoms with Gasteiger partial charge >= 0.3 is 12.1 Å². The topological polar surface area (TPSA) is 75.2 Å². The molecule has 1 aliphatic rings. The molecule has 2 N–H and O–H groups in total. The second-order valence-electron chi connectivity index (χ2n) is 6.95. The maximum atomic E-state index is 14.0. The molecule has 0 saturated carbocycles. The van der Waals surface area contributed by atoms with Crippen LogP contribution in [0.1, 0.15) is 18.7 Å². The first-order valence-corrected chi connectivity index (χ1v) is 9.55. The molecule has 1 aromatic heterocycles. The van der Waals surface area contributed by atoms with E-state index in [4.69, 9.17) is 14.6 Å². The Labute approximate surface area is 175 Å². The number of alkyl halides is 3. The van der Waals surface area contributed by atoms with Gasteiger partial charge in [-0.2, -0.15) is 13.2 Å². The van der Waals surface area contributed by atoms with Gasteiger partial charge in [0, 0.05) is 18.8 Å². The van der Waals surface area contributed by atoms with Gasteiger partial charge in [0.25, 0.3) is 0 Å². The number of hydrogen-bond acceptors (Lipinski definition) is 3. The standard InChI is InChI=1S/C20H19FN2O.C2HF3O2/c21-17-4-2-1-3-16(17)15-6-7-18-19(13-15)23-20(22-18)8-5-14-9-11-24-12-10-14;3-2(4,5)1(6)7/h1-8,13-14H,9-12H2,(H,22,23);(H,6,7). The second-order valence-corrected chi connectivity index (χ2v) is 6.95. The number of nitrogens with one attached hydrogen (secondary N) is 1. The number of imidazole rings is 1. The lowest BCUT2D eigenvalue weighted by atomic mass is 10.00. The second kappa shape index (κ2) is 9.74. The Morgan fingerprint density at radius 2 is 1.84 bits per heavy atom. The predicted molar refractivity (Wildman–Crippen MR) is 108 cm³/mol.